The molecule has 0 radical (unpaired) electrons. The van der Waals surface area contributed by atoms with Gasteiger partial charge in [0.05, 0.1) is 35.5 Å². The van der Waals surface area contributed by atoms with E-state index in [-0.39, 0.29) is 50.1 Å². The Morgan fingerprint density at radius 1 is 0.379 bits per heavy atom. The monoisotopic (exact) mass is 916 g/mol. The first kappa shape index (κ1) is 50.7. The number of hydrogen-bond acceptors (Lipinski definition) is 16. The largest absolute Gasteiger partial charge is 0.462 e. The molecule has 0 spiro atoms. The van der Waals surface area contributed by atoms with E-state index >= 15 is 0 Å². The van der Waals surface area contributed by atoms with E-state index in [1.807, 2.05) is 0 Å². The number of rotatable bonds is 18. The van der Waals surface area contributed by atoms with Crippen LogP contribution in [0.3, 0.4) is 0 Å². The van der Waals surface area contributed by atoms with Crippen molar-refractivity contribution in [3.63, 3.8) is 0 Å². The van der Waals surface area contributed by atoms with E-state index in [2.05, 4.69) is 13.2 Å². The smallest absolute Gasteiger partial charge is 0.330 e. The zero-order valence-electron chi connectivity index (χ0n) is 38.2. The van der Waals surface area contributed by atoms with Crippen LogP contribution in [0.1, 0.15) is 99.3 Å². The van der Waals surface area contributed by atoms with Crippen molar-refractivity contribution in [1.29, 1.82) is 0 Å². The van der Waals surface area contributed by atoms with Crippen LogP contribution in [0, 0.1) is 63.2 Å². The van der Waals surface area contributed by atoms with Gasteiger partial charge in [-0.25, -0.2) is 9.59 Å². The summed E-state index contributed by atoms with van der Waals surface area (Å²) < 4.78 is 43.3. The minimum Gasteiger partial charge on any atom is -0.462 e. The molecule has 3 fully saturated rings. The highest BCUT2D eigenvalue weighted by atomic mass is 16.6. The molecule has 16 nitrogen and oxygen atoms in total. The van der Waals surface area contributed by atoms with Crippen molar-refractivity contribution < 1.29 is 76.3 Å². The average molecular weight is 917 g/mol. The van der Waals surface area contributed by atoms with Crippen LogP contribution in [-0.4, -0.2) is 74.2 Å². The Balaban J connectivity index is 1.02. The normalized spacial score (nSPS) is 21.5. The van der Waals surface area contributed by atoms with Crippen molar-refractivity contribution >= 4 is 47.8 Å². The summed E-state index contributed by atoms with van der Waals surface area (Å²) in [5.74, 6) is -4.50. The molecule has 0 saturated heterocycles. The minimum absolute atomic E-state index is 0.0543. The van der Waals surface area contributed by atoms with Gasteiger partial charge in [0, 0.05) is 12.2 Å². The minimum atomic E-state index is -0.595. The molecule has 2 aromatic rings. The molecule has 0 atom stereocenters. The number of hydrogen-bond donors (Lipinski definition) is 0. The molecule has 3 saturated carbocycles. The fraction of sp³-hybridized carbons (Fsp3) is 0.520. The summed E-state index contributed by atoms with van der Waals surface area (Å²) in [7, 11) is 0. The zero-order chi connectivity index (χ0) is 47.9. The first-order chi connectivity index (χ1) is 31.6. The van der Waals surface area contributed by atoms with Gasteiger partial charge in [-0.3, -0.25) is 28.8 Å². The van der Waals surface area contributed by atoms with E-state index in [1.165, 1.54) is 0 Å². The van der Waals surface area contributed by atoms with Crippen LogP contribution in [0.2, 0.25) is 0 Å². The van der Waals surface area contributed by atoms with Crippen LogP contribution in [0.15, 0.2) is 49.6 Å². The van der Waals surface area contributed by atoms with Crippen molar-refractivity contribution in [2.75, 3.05) is 26.4 Å². The molecule has 2 aromatic carbocycles. The van der Waals surface area contributed by atoms with Crippen molar-refractivity contribution in [3.8, 4) is 23.0 Å². The van der Waals surface area contributed by atoms with Crippen LogP contribution in [0.5, 0.6) is 23.0 Å². The summed E-state index contributed by atoms with van der Waals surface area (Å²) in [6, 6.07) is 6.41. The molecular weight excluding hydrogens is 857 g/mol. The third-order valence-electron chi connectivity index (χ3n) is 12.9. The predicted octanol–water partition coefficient (Wildman–Crippen LogP) is 7.21. The van der Waals surface area contributed by atoms with E-state index in [0.29, 0.717) is 122 Å². The van der Waals surface area contributed by atoms with E-state index in [1.54, 1.807) is 52.0 Å². The molecule has 0 heterocycles. The van der Waals surface area contributed by atoms with Gasteiger partial charge in [0.15, 0.2) is 0 Å². The summed E-state index contributed by atoms with van der Waals surface area (Å²) in [4.78, 5) is 99.9. The number of benzene rings is 2. The lowest BCUT2D eigenvalue weighted by Crippen LogP contribution is -2.31. The number of carbonyl (C=O) groups is 8. The lowest BCUT2D eigenvalue weighted by Gasteiger charge is -2.27. The maximum absolute atomic E-state index is 13.3. The molecule has 356 valence electrons. The molecule has 66 heavy (non-hydrogen) atoms. The predicted molar refractivity (Wildman–Crippen MR) is 235 cm³/mol. The molecule has 0 aliphatic heterocycles. The van der Waals surface area contributed by atoms with Crippen molar-refractivity contribution in [3.05, 3.63) is 71.8 Å². The average Bonchev–Trinajstić information content (AvgIpc) is 3.33. The third kappa shape index (κ3) is 13.8. The maximum Gasteiger partial charge on any atom is 0.330 e. The SMILES string of the molecule is C=CC(=O)OCCOC(=O)C1CCC(C(=O)Oc2ccc(OC(=O)C3CCC(C(=O)Oc4ccc(OC(=O)C5CCC(C(=O)OCCOC(=O)C=C)CC5)c(C)c4C)CC3)c(C)c2C)CC1. The lowest BCUT2D eigenvalue weighted by atomic mass is 9.82. The second-order valence-electron chi connectivity index (χ2n) is 17.0. The maximum atomic E-state index is 13.3. The fourth-order valence-corrected chi connectivity index (χ4v) is 8.37. The van der Waals surface area contributed by atoms with Crippen LogP contribution >= 0.6 is 0 Å². The van der Waals surface area contributed by atoms with Crippen molar-refractivity contribution in [1.82, 2.24) is 0 Å². The van der Waals surface area contributed by atoms with Crippen LogP contribution in [-0.2, 0) is 57.3 Å². The van der Waals surface area contributed by atoms with Gasteiger partial charge in [-0.1, -0.05) is 13.2 Å². The topological polar surface area (TPSA) is 210 Å². The van der Waals surface area contributed by atoms with E-state index in [4.69, 9.17) is 37.9 Å². The number of esters is 8. The van der Waals surface area contributed by atoms with E-state index in [9.17, 15) is 38.4 Å². The molecule has 3 aliphatic carbocycles. The fourth-order valence-electron chi connectivity index (χ4n) is 8.37. The van der Waals surface area contributed by atoms with Gasteiger partial charge in [-0.2, -0.15) is 0 Å². The van der Waals surface area contributed by atoms with Gasteiger partial charge < -0.3 is 37.9 Å². The molecule has 0 unspecified atom stereocenters. The molecular formula is C50H60O16. The second-order valence-corrected chi connectivity index (χ2v) is 17.0. The Labute approximate surface area is 384 Å². The summed E-state index contributed by atoms with van der Waals surface area (Å²) in [5, 5.41) is 0. The lowest BCUT2D eigenvalue weighted by molar-refractivity contribution is -0.155. The van der Waals surface area contributed by atoms with Gasteiger partial charge in [0.1, 0.15) is 49.4 Å². The van der Waals surface area contributed by atoms with Gasteiger partial charge in [-0.15, -0.1) is 0 Å². The van der Waals surface area contributed by atoms with Gasteiger partial charge in [0.2, 0.25) is 0 Å². The van der Waals surface area contributed by atoms with E-state index < -0.39 is 59.6 Å². The Hall–Kier alpha value is -6.32. The summed E-state index contributed by atoms with van der Waals surface area (Å²) in [6.45, 7) is 13.5. The molecule has 0 bridgehead atoms. The first-order valence-electron chi connectivity index (χ1n) is 22.6. The molecule has 0 aromatic heterocycles. The van der Waals surface area contributed by atoms with E-state index in [0.717, 1.165) is 12.2 Å². The Morgan fingerprint density at radius 2 is 0.576 bits per heavy atom. The van der Waals surface area contributed by atoms with Gasteiger partial charge >= 0.3 is 47.8 Å². The summed E-state index contributed by atoms with van der Waals surface area (Å²) in [5.41, 5.74) is 2.59. The number of carbonyl (C=O) groups excluding carboxylic acids is 8. The Kier molecular flexibility index (Phi) is 18.6. The molecule has 0 N–H and O–H groups in total. The highest BCUT2D eigenvalue weighted by Crippen LogP contribution is 2.38. The van der Waals surface area contributed by atoms with Crippen LogP contribution in [0.4, 0.5) is 0 Å². The summed E-state index contributed by atoms with van der Waals surface area (Å²) >= 11 is 0. The van der Waals surface area contributed by atoms with Gasteiger partial charge in [-0.05, 0) is 151 Å². The van der Waals surface area contributed by atoms with Crippen molar-refractivity contribution in [2.24, 2.45) is 35.5 Å². The molecule has 3 aliphatic rings. The van der Waals surface area contributed by atoms with Gasteiger partial charge in [0.25, 0.3) is 0 Å². The highest BCUT2D eigenvalue weighted by Gasteiger charge is 2.35. The standard InChI is InChI=1S/C50H60O16/c1-7-43(51)59-25-27-61-45(53)33-9-13-35(14-10-33)47(55)63-39-21-23-41(31(5)29(39)3)65-49(57)37-17-19-38(20-18-37)50(58)66-42-24-22-40(30(4)32(42)6)64-48(56)36-15-11-34(12-16-36)46(54)62-28-26-60-44(52)8-2/h7-8,21-24,33-38H,1-2,9-20,25-28H2,3-6H3. The van der Waals surface area contributed by atoms with Crippen LogP contribution in [0.25, 0.3) is 0 Å². The summed E-state index contributed by atoms with van der Waals surface area (Å²) in [6.07, 6.45) is 7.46. The zero-order valence-corrected chi connectivity index (χ0v) is 38.2. The number of ether oxygens (including phenoxy) is 8. The molecule has 5 rings (SSSR count). The molecule has 16 heteroatoms. The third-order valence-corrected chi connectivity index (χ3v) is 12.9. The molecule has 0 amide bonds. The Morgan fingerprint density at radius 3 is 0.788 bits per heavy atom. The highest BCUT2D eigenvalue weighted by molar-refractivity contribution is 5.82. The van der Waals surface area contributed by atoms with Crippen molar-refractivity contribution in [2.45, 2.75) is 105 Å². The van der Waals surface area contributed by atoms with Crippen LogP contribution < -0.4 is 18.9 Å². The quantitative estimate of drug-likeness (QED) is 0.0476. The first-order valence-corrected chi connectivity index (χ1v) is 22.6. The second kappa shape index (κ2) is 24.3. The Bertz CT molecular complexity index is 2000.